The maximum Gasteiger partial charge on any atom is -0.00119 e. The lowest BCUT2D eigenvalue weighted by molar-refractivity contribution is 0.840. The standard InChI is InChI=1S/C11H13/c1-3-4-7-11-8-5-6-10(2)9-11/h2,5-6,8-9H,1,3-4,7H2. The summed E-state index contributed by atoms with van der Waals surface area (Å²) in [5, 5.41) is 0. The fraction of sp³-hybridized carbons (Fsp3) is 0.273. The van der Waals surface area contributed by atoms with Crippen molar-refractivity contribution in [2.45, 2.75) is 19.3 Å². The van der Waals surface area contributed by atoms with Crippen LogP contribution >= 0.6 is 0 Å². The third-order valence-electron chi connectivity index (χ3n) is 1.67. The van der Waals surface area contributed by atoms with Crippen molar-refractivity contribution in [1.82, 2.24) is 0 Å². The van der Waals surface area contributed by atoms with Crippen molar-refractivity contribution in [3.05, 3.63) is 49.2 Å². The molecule has 3 radical (unpaired) electrons. The van der Waals surface area contributed by atoms with Crippen LogP contribution in [-0.2, 0) is 6.42 Å². The number of aryl methyl sites for hydroxylation is 1. The van der Waals surface area contributed by atoms with Crippen LogP contribution in [0.25, 0.3) is 0 Å². The highest BCUT2D eigenvalue weighted by molar-refractivity contribution is 5.25. The van der Waals surface area contributed by atoms with Crippen molar-refractivity contribution in [3.63, 3.8) is 0 Å². The Morgan fingerprint density at radius 1 is 1.36 bits per heavy atom. The van der Waals surface area contributed by atoms with E-state index in [2.05, 4.69) is 13.0 Å². The summed E-state index contributed by atoms with van der Waals surface area (Å²) in [7, 11) is 0. The largest absolute Gasteiger partial charge is 0.0617 e. The van der Waals surface area contributed by atoms with Gasteiger partial charge in [-0.15, -0.1) is 0 Å². The van der Waals surface area contributed by atoms with Gasteiger partial charge in [-0.3, -0.25) is 0 Å². The molecule has 0 N–H and O–H groups in total. The quantitative estimate of drug-likeness (QED) is 0.613. The van der Waals surface area contributed by atoms with Gasteiger partial charge in [-0.2, -0.15) is 0 Å². The molecule has 0 aromatic heterocycles. The molecule has 0 bridgehead atoms. The molecule has 0 aliphatic heterocycles. The summed E-state index contributed by atoms with van der Waals surface area (Å²) in [5.41, 5.74) is 2.17. The highest BCUT2D eigenvalue weighted by Crippen LogP contribution is 2.06. The van der Waals surface area contributed by atoms with Crippen LogP contribution in [0.5, 0.6) is 0 Å². The van der Waals surface area contributed by atoms with Gasteiger partial charge in [0.2, 0.25) is 0 Å². The highest BCUT2D eigenvalue weighted by Gasteiger charge is 1.91. The molecule has 0 amide bonds. The van der Waals surface area contributed by atoms with Gasteiger partial charge in [-0.05, 0) is 30.9 Å². The first-order valence-corrected chi connectivity index (χ1v) is 3.96. The molecule has 0 saturated heterocycles. The Hall–Kier alpha value is -0.780. The van der Waals surface area contributed by atoms with E-state index >= 15 is 0 Å². The summed E-state index contributed by atoms with van der Waals surface area (Å²) in [5.74, 6) is 0. The third kappa shape index (κ3) is 2.75. The normalized spacial score (nSPS) is 10.0. The number of benzene rings is 1. The smallest absolute Gasteiger partial charge is 0.00119 e. The second kappa shape index (κ2) is 4.17. The van der Waals surface area contributed by atoms with Crippen LogP contribution in [0.1, 0.15) is 24.0 Å². The molecule has 0 saturated carbocycles. The molecule has 0 aliphatic rings. The summed E-state index contributed by atoms with van der Waals surface area (Å²) in [6.45, 7) is 9.41. The molecule has 57 valence electrons. The average Bonchev–Trinajstić information content (AvgIpc) is 2.01. The van der Waals surface area contributed by atoms with Gasteiger partial charge in [0.25, 0.3) is 0 Å². The predicted molar refractivity (Wildman–Crippen MR) is 48.1 cm³/mol. The van der Waals surface area contributed by atoms with Gasteiger partial charge >= 0.3 is 0 Å². The molecule has 0 atom stereocenters. The van der Waals surface area contributed by atoms with Crippen LogP contribution in [0.2, 0.25) is 0 Å². The Morgan fingerprint density at radius 2 is 2.18 bits per heavy atom. The van der Waals surface area contributed by atoms with Gasteiger partial charge in [-0.1, -0.05) is 37.6 Å². The minimum Gasteiger partial charge on any atom is -0.0617 e. The van der Waals surface area contributed by atoms with E-state index in [-0.39, 0.29) is 0 Å². The topological polar surface area (TPSA) is 0 Å². The Kier molecular flexibility index (Phi) is 3.15. The van der Waals surface area contributed by atoms with Gasteiger partial charge in [-0.25, -0.2) is 0 Å². The van der Waals surface area contributed by atoms with Gasteiger partial charge in [0, 0.05) is 0 Å². The molecule has 0 aliphatic carbocycles. The van der Waals surface area contributed by atoms with Gasteiger partial charge in [0.1, 0.15) is 0 Å². The van der Waals surface area contributed by atoms with E-state index in [1.165, 1.54) is 5.56 Å². The first kappa shape index (κ1) is 8.32. The molecule has 11 heavy (non-hydrogen) atoms. The lowest BCUT2D eigenvalue weighted by atomic mass is 10.1. The summed E-state index contributed by atoms with van der Waals surface area (Å²) in [6.07, 6.45) is 3.23. The van der Waals surface area contributed by atoms with E-state index in [0.29, 0.717) is 0 Å². The van der Waals surface area contributed by atoms with Crippen LogP contribution in [0.3, 0.4) is 0 Å². The van der Waals surface area contributed by atoms with Crippen molar-refractivity contribution in [3.8, 4) is 0 Å². The molecule has 0 fully saturated rings. The molecule has 0 spiro atoms. The van der Waals surface area contributed by atoms with E-state index in [4.69, 9.17) is 6.92 Å². The summed E-state index contributed by atoms with van der Waals surface area (Å²) in [4.78, 5) is 0. The van der Waals surface area contributed by atoms with Crippen LogP contribution in [-0.4, -0.2) is 0 Å². The number of unbranched alkanes of at least 4 members (excludes halogenated alkanes) is 1. The highest BCUT2D eigenvalue weighted by atomic mass is 14.0. The van der Waals surface area contributed by atoms with E-state index < -0.39 is 0 Å². The lowest BCUT2D eigenvalue weighted by Crippen LogP contribution is -1.84. The minimum absolute atomic E-state index is 0.853. The third-order valence-corrected chi connectivity index (χ3v) is 1.67. The summed E-state index contributed by atoms with van der Waals surface area (Å²) >= 11 is 0. The van der Waals surface area contributed by atoms with Gasteiger partial charge in [0.15, 0.2) is 0 Å². The molecule has 0 unspecified atom stereocenters. The Balaban J connectivity index is 2.56. The molecule has 0 heterocycles. The molecular weight excluding hydrogens is 132 g/mol. The van der Waals surface area contributed by atoms with E-state index in [1.54, 1.807) is 0 Å². The second-order valence-corrected chi connectivity index (χ2v) is 2.70. The predicted octanol–water partition coefficient (Wildman–Crippen LogP) is 2.90. The van der Waals surface area contributed by atoms with Crippen LogP contribution < -0.4 is 0 Å². The Labute approximate surface area is 69.3 Å². The van der Waals surface area contributed by atoms with Crippen molar-refractivity contribution >= 4 is 0 Å². The minimum atomic E-state index is 0.853. The number of rotatable bonds is 3. The zero-order valence-corrected chi connectivity index (χ0v) is 6.72. The van der Waals surface area contributed by atoms with Crippen molar-refractivity contribution in [2.75, 3.05) is 0 Å². The number of hydrogen-bond donors (Lipinski definition) is 0. The molecule has 1 aromatic carbocycles. The van der Waals surface area contributed by atoms with Crippen molar-refractivity contribution in [2.24, 2.45) is 0 Å². The molecule has 1 rings (SSSR count). The Bertz CT molecular complexity index is 213. The average molecular weight is 145 g/mol. The molecule has 0 heteroatoms. The SMILES string of the molecule is [CH]c1cccc(CCC[CH2])c1. The van der Waals surface area contributed by atoms with Crippen LogP contribution in [0.15, 0.2) is 24.3 Å². The summed E-state index contributed by atoms with van der Waals surface area (Å²) < 4.78 is 0. The molecule has 0 nitrogen and oxygen atoms in total. The lowest BCUT2D eigenvalue weighted by Gasteiger charge is -1.99. The monoisotopic (exact) mass is 145 g/mol. The van der Waals surface area contributed by atoms with Crippen molar-refractivity contribution < 1.29 is 0 Å². The van der Waals surface area contributed by atoms with Crippen LogP contribution in [0.4, 0.5) is 0 Å². The number of hydrogen-bond acceptors (Lipinski definition) is 0. The maximum atomic E-state index is 5.61. The zero-order valence-electron chi connectivity index (χ0n) is 6.72. The first-order chi connectivity index (χ1) is 5.33. The molecular formula is C11H13. The first-order valence-electron chi connectivity index (χ1n) is 3.96. The van der Waals surface area contributed by atoms with Crippen LogP contribution in [0, 0.1) is 13.8 Å². The Morgan fingerprint density at radius 3 is 2.82 bits per heavy atom. The zero-order chi connectivity index (χ0) is 8.10. The fourth-order valence-corrected chi connectivity index (χ4v) is 1.08. The van der Waals surface area contributed by atoms with E-state index in [1.807, 2.05) is 18.2 Å². The summed E-state index contributed by atoms with van der Waals surface area (Å²) in [6, 6.07) is 8.03. The maximum absolute atomic E-state index is 5.61. The van der Waals surface area contributed by atoms with Crippen molar-refractivity contribution in [1.29, 1.82) is 0 Å². The van der Waals surface area contributed by atoms with Gasteiger partial charge in [0.05, 0.1) is 0 Å². The second-order valence-electron chi connectivity index (χ2n) is 2.70. The van der Waals surface area contributed by atoms with E-state index in [9.17, 15) is 0 Å². The molecule has 1 aromatic rings. The van der Waals surface area contributed by atoms with E-state index in [0.717, 1.165) is 24.8 Å². The fourth-order valence-electron chi connectivity index (χ4n) is 1.08. The van der Waals surface area contributed by atoms with Gasteiger partial charge < -0.3 is 0 Å².